The quantitative estimate of drug-likeness (QED) is 0.466. The number of hydrogen-bond acceptors (Lipinski definition) is 4. The smallest absolute Gasteiger partial charge is 0.164 e. The zero-order valence-electron chi connectivity index (χ0n) is 18.1. The van der Waals surface area contributed by atoms with Gasteiger partial charge in [-0.3, -0.25) is 0 Å². The van der Waals surface area contributed by atoms with Crippen molar-refractivity contribution < 1.29 is 4.74 Å². The average Bonchev–Trinajstić information content (AvgIpc) is 3.35. The highest BCUT2D eigenvalue weighted by molar-refractivity contribution is 5.86. The number of nitrogens with one attached hydrogen (secondary N) is 1. The molecule has 3 heterocycles. The molecule has 0 saturated carbocycles. The van der Waals surface area contributed by atoms with Crippen LogP contribution < -0.4 is 10.1 Å². The van der Waals surface area contributed by atoms with Gasteiger partial charge in [0.05, 0.1) is 29.8 Å². The summed E-state index contributed by atoms with van der Waals surface area (Å²) in [6.45, 7) is 9.06. The maximum atomic E-state index is 5.73. The molecule has 154 valence electrons. The number of benzene rings is 1. The van der Waals surface area contributed by atoms with Crippen LogP contribution in [0.15, 0.2) is 54.9 Å². The summed E-state index contributed by atoms with van der Waals surface area (Å²) in [5.41, 5.74) is 7.79. The van der Waals surface area contributed by atoms with Crippen molar-refractivity contribution in [1.29, 1.82) is 0 Å². The molecular formula is C24H27N5O. The highest BCUT2D eigenvalue weighted by Gasteiger charge is 2.20. The fraction of sp³-hybridized carbons (Fsp3) is 0.250. The Kier molecular flexibility index (Phi) is 5.31. The van der Waals surface area contributed by atoms with E-state index < -0.39 is 0 Å². The van der Waals surface area contributed by atoms with E-state index in [1.165, 1.54) is 0 Å². The molecule has 0 aliphatic carbocycles. The van der Waals surface area contributed by atoms with Gasteiger partial charge in [0.25, 0.3) is 0 Å². The van der Waals surface area contributed by atoms with Crippen LogP contribution in [0.5, 0.6) is 5.75 Å². The van der Waals surface area contributed by atoms with E-state index >= 15 is 0 Å². The minimum Gasteiger partial charge on any atom is -0.496 e. The van der Waals surface area contributed by atoms with Gasteiger partial charge < -0.3 is 14.6 Å². The molecule has 6 nitrogen and oxygen atoms in total. The summed E-state index contributed by atoms with van der Waals surface area (Å²) in [5, 5.41) is 8.11. The lowest BCUT2D eigenvalue weighted by atomic mass is 10.0. The Morgan fingerprint density at radius 1 is 1.13 bits per heavy atom. The molecule has 0 saturated heterocycles. The Balaban J connectivity index is 1.94. The van der Waals surface area contributed by atoms with E-state index in [1.54, 1.807) is 7.11 Å². The number of ether oxygens (including phenoxy) is 1. The van der Waals surface area contributed by atoms with E-state index in [0.29, 0.717) is 0 Å². The van der Waals surface area contributed by atoms with Gasteiger partial charge in [0.2, 0.25) is 0 Å². The van der Waals surface area contributed by atoms with Gasteiger partial charge in [-0.2, -0.15) is 5.10 Å². The molecule has 0 unspecified atom stereocenters. The van der Waals surface area contributed by atoms with Gasteiger partial charge in [-0.1, -0.05) is 6.08 Å². The predicted molar refractivity (Wildman–Crippen MR) is 122 cm³/mol. The number of hydrogen-bond donors (Lipinski definition) is 1. The van der Waals surface area contributed by atoms with Crippen molar-refractivity contribution in [3.05, 3.63) is 66.3 Å². The first-order chi connectivity index (χ1) is 14.6. The van der Waals surface area contributed by atoms with Gasteiger partial charge in [0, 0.05) is 35.8 Å². The molecule has 1 aromatic carbocycles. The van der Waals surface area contributed by atoms with E-state index in [2.05, 4.69) is 47.3 Å². The highest BCUT2D eigenvalue weighted by atomic mass is 16.5. The Labute approximate surface area is 176 Å². The minimum atomic E-state index is 0.782. The second-order valence-corrected chi connectivity index (χ2v) is 7.22. The van der Waals surface area contributed by atoms with Gasteiger partial charge in [-0.15, -0.1) is 0 Å². The van der Waals surface area contributed by atoms with Gasteiger partial charge in [-0.25, -0.2) is 9.50 Å². The van der Waals surface area contributed by atoms with Crippen LogP contribution in [-0.4, -0.2) is 26.3 Å². The first-order valence-electron chi connectivity index (χ1n) is 10.2. The summed E-state index contributed by atoms with van der Waals surface area (Å²) >= 11 is 0. The summed E-state index contributed by atoms with van der Waals surface area (Å²) < 4.78 is 9.89. The van der Waals surface area contributed by atoms with E-state index in [9.17, 15) is 0 Å². The zero-order valence-corrected chi connectivity index (χ0v) is 18.1. The lowest BCUT2D eigenvalue weighted by Crippen LogP contribution is -2.03. The van der Waals surface area contributed by atoms with Crippen LogP contribution in [0.4, 0.5) is 5.69 Å². The molecule has 0 fully saturated rings. The number of aryl methyl sites for hydroxylation is 3. The van der Waals surface area contributed by atoms with Crippen LogP contribution in [0.25, 0.3) is 28.2 Å². The summed E-state index contributed by atoms with van der Waals surface area (Å²) in [6.07, 6.45) is 5.94. The average molecular weight is 402 g/mol. The van der Waals surface area contributed by atoms with Crippen LogP contribution in [0.3, 0.4) is 0 Å². The van der Waals surface area contributed by atoms with Crippen molar-refractivity contribution in [2.75, 3.05) is 12.4 Å². The summed E-state index contributed by atoms with van der Waals surface area (Å²) in [6, 6.07) is 12.4. The molecule has 4 aromatic rings. The van der Waals surface area contributed by atoms with Crippen molar-refractivity contribution in [1.82, 2.24) is 19.2 Å². The molecule has 4 rings (SSSR count). The molecule has 6 heteroatoms. The summed E-state index contributed by atoms with van der Waals surface area (Å²) in [4.78, 5) is 4.86. The van der Waals surface area contributed by atoms with E-state index in [4.69, 9.17) is 14.8 Å². The lowest BCUT2D eigenvalue weighted by molar-refractivity contribution is 0.416. The third-order valence-electron chi connectivity index (χ3n) is 5.21. The normalized spacial score (nSPS) is 11.5. The summed E-state index contributed by atoms with van der Waals surface area (Å²) in [5.74, 6) is 0.782. The summed E-state index contributed by atoms with van der Waals surface area (Å²) in [7, 11) is 1.69. The van der Waals surface area contributed by atoms with Crippen molar-refractivity contribution in [2.24, 2.45) is 0 Å². The van der Waals surface area contributed by atoms with Crippen LogP contribution in [0.2, 0.25) is 0 Å². The molecule has 0 bridgehead atoms. The molecule has 0 atom stereocenters. The number of rotatable bonds is 6. The maximum Gasteiger partial charge on any atom is 0.164 e. The molecule has 0 radical (unpaired) electrons. The zero-order chi connectivity index (χ0) is 21.3. The van der Waals surface area contributed by atoms with Crippen LogP contribution in [-0.2, 0) is 6.54 Å². The molecule has 0 amide bonds. The second-order valence-electron chi connectivity index (χ2n) is 7.22. The molecular weight excluding hydrogens is 374 g/mol. The van der Waals surface area contributed by atoms with E-state index in [1.807, 2.05) is 49.7 Å². The molecule has 1 N–H and O–H groups in total. The third kappa shape index (κ3) is 3.34. The Morgan fingerprint density at radius 2 is 1.97 bits per heavy atom. The van der Waals surface area contributed by atoms with Crippen molar-refractivity contribution in [2.45, 2.75) is 34.2 Å². The van der Waals surface area contributed by atoms with Gasteiger partial charge in [0.1, 0.15) is 5.75 Å². The monoisotopic (exact) mass is 401 g/mol. The van der Waals surface area contributed by atoms with Crippen LogP contribution in [0.1, 0.15) is 25.2 Å². The fourth-order valence-electron chi connectivity index (χ4n) is 3.83. The highest BCUT2D eigenvalue weighted by Crippen LogP contribution is 2.37. The fourth-order valence-corrected chi connectivity index (χ4v) is 3.83. The number of anilines is 1. The Morgan fingerprint density at radius 3 is 2.70 bits per heavy atom. The van der Waals surface area contributed by atoms with E-state index in [0.717, 1.165) is 57.5 Å². The van der Waals surface area contributed by atoms with Gasteiger partial charge in [0.15, 0.2) is 5.65 Å². The standard InChI is InChI=1S/C24H27N5O/c1-6-12-25-18-10-11-19(22(15-18)30-5)23-17(4)27-29-21(14-16(3)26-24(23)29)20-9-8-13-28(20)7-2/h6,8-15,25H,7H2,1-5H3/b12-6-. The lowest BCUT2D eigenvalue weighted by Gasteiger charge is -2.12. The molecule has 0 spiro atoms. The number of allylic oxidation sites excluding steroid dienone is 1. The van der Waals surface area contributed by atoms with Crippen molar-refractivity contribution >= 4 is 11.3 Å². The van der Waals surface area contributed by atoms with Crippen LogP contribution >= 0.6 is 0 Å². The Bertz CT molecular complexity index is 1230. The van der Waals surface area contributed by atoms with Gasteiger partial charge in [-0.05, 0) is 64.2 Å². The largest absolute Gasteiger partial charge is 0.496 e. The Hall–Kier alpha value is -3.54. The first kappa shape index (κ1) is 19.8. The third-order valence-corrected chi connectivity index (χ3v) is 5.21. The molecule has 30 heavy (non-hydrogen) atoms. The second kappa shape index (κ2) is 8.06. The molecule has 3 aromatic heterocycles. The number of fused-ring (bicyclic) bond motifs is 1. The SMILES string of the molecule is C/C=C\Nc1ccc(-c2c(C)nn3c(-c4cccn4CC)cc(C)nc23)c(OC)c1. The molecule has 0 aliphatic heterocycles. The first-order valence-corrected chi connectivity index (χ1v) is 10.2. The van der Waals surface area contributed by atoms with Crippen LogP contribution in [0, 0.1) is 13.8 Å². The topological polar surface area (TPSA) is 56.4 Å². The molecule has 0 aliphatic rings. The van der Waals surface area contributed by atoms with Crippen molar-refractivity contribution in [3.8, 4) is 28.3 Å². The predicted octanol–water partition coefficient (Wildman–Crippen LogP) is 5.46. The van der Waals surface area contributed by atoms with Gasteiger partial charge >= 0.3 is 0 Å². The number of methoxy groups -OCH3 is 1. The minimum absolute atomic E-state index is 0.782. The van der Waals surface area contributed by atoms with E-state index in [-0.39, 0.29) is 0 Å². The van der Waals surface area contributed by atoms with Crippen molar-refractivity contribution in [3.63, 3.8) is 0 Å². The number of aromatic nitrogens is 4. The maximum absolute atomic E-state index is 5.73. The number of nitrogens with zero attached hydrogens (tertiary/aromatic N) is 4.